The first-order valence-corrected chi connectivity index (χ1v) is 22.1. The van der Waals surface area contributed by atoms with E-state index < -0.39 is 0 Å². The van der Waals surface area contributed by atoms with E-state index in [9.17, 15) is 0 Å². The molecule has 0 aliphatic heterocycles. The van der Waals surface area contributed by atoms with Crippen molar-refractivity contribution >= 4 is 0 Å². The highest BCUT2D eigenvalue weighted by Crippen LogP contribution is 2.50. The van der Waals surface area contributed by atoms with Crippen molar-refractivity contribution < 1.29 is 19.7 Å². The second-order valence-corrected chi connectivity index (χ2v) is 16.7. The summed E-state index contributed by atoms with van der Waals surface area (Å²) in [6.45, 7) is 6.82. The van der Waals surface area contributed by atoms with E-state index in [2.05, 4.69) is 147 Å². The Hall–Kier alpha value is -5.16. The zero-order chi connectivity index (χ0) is 40.9. The summed E-state index contributed by atoms with van der Waals surface area (Å²) in [7, 11) is 0. The average molecular weight is 787 g/mol. The van der Waals surface area contributed by atoms with Crippen molar-refractivity contribution in [1.29, 1.82) is 0 Å². The van der Waals surface area contributed by atoms with E-state index in [-0.39, 0.29) is 5.41 Å². The number of unbranched alkanes of at least 4 members (excludes halogenated alkanes) is 10. The van der Waals surface area contributed by atoms with E-state index in [0.717, 1.165) is 63.2 Å². The van der Waals surface area contributed by atoms with Gasteiger partial charge < -0.3 is 19.7 Å². The van der Waals surface area contributed by atoms with Crippen LogP contribution in [-0.2, 0) is 5.41 Å². The fourth-order valence-corrected chi connectivity index (χ4v) is 8.52. The highest BCUT2D eigenvalue weighted by molar-refractivity contribution is 5.86. The molecule has 7 rings (SSSR count). The minimum atomic E-state index is -0.120. The molecule has 4 nitrogen and oxygen atoms in total. The van der Waals surface area contributed by atoms with Gasteiger partial charge in [-0.05, 0) is 129 Å². The second-order valence-electron chi connectivity index (χ2n) is 16.7. The molecule has 0 atom stereocenters. The van der Waals surface area contributed by atoms with Crippen LogP contribution in [0, 0.1) is 0 Å². The maximum atomic E-state index is 8.92. The van der Waals surface area contributed by atoms with Gasteiger partial charge in [-0.1, -0.05) is 162 Å². The van der Waals surface area contributed by atoms with Crippen LogP contribution in [0.2, 0.25) is 0 Å². The van der Waals surface area contributed by atoms with Gasteiger partial charge in [0.15, 0.2) is 0 Å². The van der Waals surface area contributed by atoms with Crippen molar-refractivity contribution in [2.75, 3.05) is 26.4 Å². The third kappa shape index (κ3) is 10.7. The lowest BCUT2D eigenvalue weighted by Crippen LogP contribution is -2.15. The molecule has 1 aliphatic carbocycles. The molecule has 6 aromatic rings. The predicted octanol–water partition coefficient (Wildman–Crippen LogP) is 14.1. The maximum absolute atomic E-state index is 8.92. The molecular formula is C55H62O4. The summed E-state index contributed by atoms with van der Waals surface area (Å²) in [4.78, 5) is 0. The molecule has 59 heavy (non-hydrogen) atoms. The Morgan fingerprint density at radius 3 is 0.949 bits per heavy atom. The third-order valence-electron chi connectivity index (χ3n) is 12.1. The lowest BCUT2D eigenvalue weighted by molar-refractivity contribution is 0.280. The van der Waals surface area contributed by atoms with Crippen molar-refractivity contribution in [1.82, 2.24) is 0 Å². The van der Waals surface area contributed by atoms with Crippen LogP contribution < -0.4 is 9.47 Å². The number of ether oxygens (including phenoxy) is 2. The Bertz CT molecular complexity index is 2040. The van der Waals surface area contributed by atoms with Gasteiger partial charge in [-0.2, -0.15) is 0 Å². The average Bonchev–Trinajstić information content (AvgIpc) is 3.50. The van der Waals surface area contributed by atoms with Gasteiger partial charge in [-0.3, -0.25) is 0 Å². The molecule has 0 spiro atoms. The predicted molar refractivity (Wildman–Crippen MR) is 246 cm³/mol. The molecule has 0 fully saturated rings. The molecule has 4 heteroatoms. The minimum Gasteiger partial charge on any atom is -0.494 e. The molecule has 0 saturated carbocycles. The number of aliphatic hydroxyl groups is 2. The van der Waals surface area contributed by atoms with Gasteiger partial charge in [0.25, 0.3) is 0 Å². The number of hydrogen-bond acceptors (Lipinski definition) is 4. The lowest BCUT2D eigenvalue weighted by atomic mass is 9.80. The number of rotatable bonds is 22. The molecule has 0 saturated heterocycles. The van der Waals surface area contributed by atoms with Crippen LogP contribution in [-0.4, -0.2) is 36.6 Å². The molecular weight excluding hydrogens is 725 g/mol. The van der Waals surface area contributed by atoms with Crippen LogP contribution in [0.15, 0.2) is 133 Å². The molecule has 0 radical (unpaired) electrons. The van der Waals surface area contributed by atoms with E-state index in [1.54, 1.807) is 0 Å². The molecule has 0 unspecified atom stereocenters. The SMILES string of the molecule is CC1(C)c2cc(-c3ccc(-c4ccc(OCCCCCCCCO)cc4)cc3)ccc2-c2ccc(-c3ccc(-c4ccc(OCCCCCCCCO)cc4)cc3)cc21. The molecule has 306 valence electrons. The molecule has 0 amide bonds. The van der Waals surface area contributed by atoms with Crippen LogP contribution in [0.4, 0.5) is 0 Å². The van der Waals surface area contributed by atoms with Crippen molar-refractivity contribution in [3.05, 3.63) is 145 Å². The molecule has 0 bridgehead atoms. The fraction of sp³-hybridized carbons (Fsp3) is 0.345. The summed E-state index contributed by atoms with van der Waals surface area (Å²) in [6.07, 6.45) is 13.3. The van der Waals surface area contributed by atoms with Gasteiger partial charge in [0, 0.05) is 18.6 Å². The quantitative estimate of drug-likeness (QED) is 0.0673. The fourth-order valence-electron chi connectivity index (χ4n) is 8.52. The van der Waals surface area contributed by atoms with Gasteiger partial charge in [-0.15, -0.1) is 0 Å². The van der Waals surface area contributed by atoms with E-state index in [1.807, 2.05) is 0 Å². The number of hydrogen-bond donors (Lipinski definition) is 2. The molecule has 0 heterocycles. The van der Waals surface area contributed by atoms with E-state index in [1.165, 1.54) is 105 Å². The largest absolute Gasteiger partial charge is 0.494 e. The maximum Gasteiger partial charge on any atom is 0.119 e. The van der Waals surface area contributed by atoms with Gasteiger partial charge in [0.2, 0.25) is 0 Å². The summed E-state index contributed by atoms with van der Waals surface area (Å²) in [5, 5.41) is 17.8. The van der Waals surface area contributed by atoms with Gasteiger partial charge in [0.05, 0.1) is 13.2 Å². The summed E-state index contributed by atoms with van der Waals surface area (Å²) < 4.78 is 12.0. The van der Waals surface area contributed by atoms with E-state index >= 15 is 0 Å². The van der Waals surface area contributed by atoms with Crippen molar-refractivity contribution in [2.24, 2.45) is 0 Å². The lowest BCUT2D eigenvalue weighted by Gasteiger charge is -2.22. The number of fused-ring (bicyclic) bond motifs is 3. The Morgan fingerprint density at radius 1 is 0.339 bits per heavy atom. The minimum absolute atomic E-state index is 0.120. The Morgan fingerprint density at radius 2 is 0.610 bits per heavy atom. The first-order chi connectivity index (χ1) is 28.9. The number of benzene rings is 6. The topological polar surface area (TPSA) is 58.9 Å². The first-order valence-electron chi connectivity index (χ1n) is 22.1. The summed E-state index contributed by atoms with van der Waals surface area (Å²) in [5.74, 6) is 1.84. The normalized spacial score (nSPS) is 12.6. The Kier molecular flexibility index (Phi) is 14.7. The Labute approximate surface area is 352 Å². The Balaban J connectivity index is 0.943. The van der Waals surface area contributed by atoms with Crippen molar-refractivity contribution in [3.63, 3.8) is 0 Å². The summed E-state index contributed by atoms with van der Waals surface area (Å²) in [6, 6.07) is 48.8. The highest BCUT2D eigenvalue weighted by Gasteiger charge is 2.35. The van der Waals surface area contributed by atoms with Crippen molar-refractivity contribution in [2.45, 2.75) is 96.3 Å². The van der Waals surface area contributed by atoms with Gasteiger partial charge >= 0.3 is 0 Å². The third-order valence-corrected chi connectivity index (χ3v) is 12.1. The molecule has 0 aromatic heterocycles. The smallest absolute Gasteiger partial charge is 0.119 e. The van der Waals surface area contributed by atoms with Crippen LogP contribution >= 0.6 is 0 Å². The monoisotopic (exact) mass is 786 g/mol. The van der Waals surface area contributed by atoms with E-state index in [4.69, 9.17) is 19.7 Å². The van der Waals surface area contributed by atoms with Crippen LogP contribution in [0.25, 0.3) is 55.6 Å². The van der Waals surface area contributed by atoms with Crippen LogP contribution in [0.5, 0.6) is 11.5 Å². The van der Waals surface area contributed by atoms with Gasteiger partial charge in [-0.25, -0.2) is 0 Å². The van der Waals surface area contributed by atoms with Crippen LogP contribution in [0.3, 0.4) is 0 Å². The summed E-state index contributed by atoms with van der Waals surface area (Å²) in [5.41, 5.74) is 15.0. The number of aliphatic hydroxyl groups excluding tert-OH is 2. The van der Waals surface area contributed by atoms with E-state index in [0.29, 0.717) is 13.2 Å². The highest BCUT2D eigenvalue weighted by atomic mass is 16.5. The van der Waals surface area contributed by atoms with Crippen molar-refractivity contribution in [3.8, 4) is 67.1 Å². The van der Waals surface area contributed by atoms with Crippen LogP contribution in [0.1, 0.15) is 102 Å². The molecule has 2 N–H and O–H groups in total. The second kappa shape index (κ2) is 20.7. The molecule has 1 aliphatic rings. The molecule has 6 aromatic carbocycles. The zero-order valence-electron chi connectivity index (χ0n) is 35.2. The summed E-state index contributed by atoms with van der Waals surface area (Å²) >= 11 is 0. The van der Waals surface area contributed by atoms with Gasteiger partial charge in [0.1, 0.15) is 11.5 Å². The zero-order valence-corrected chi connectivity index (χ0v) is 35.2. The first kappa shape index (κ1) is 42.0. The standard InChI is InChI=1S/C55H62O4/c1-55(2)53-39-47(45-19-15-41(16-20-45)43-23-29-49(30-24-43)58-37-13-9-5-3-7-11-35-56)27-33-51(53)52-34-28-48(40-54(52)55)46-21-17-42(18-22-46)44-25-31-50(32-26-44)59-38-14-10-6-4-8-12-36-57/h15-34,39-40,56-57H,3-14,35-38H2,1-2H3.